The van der Waals surface area contributed by atoms with Gasteiger partial charge >= 0.3 is 0 Å². The Morgan fingerprint density at radius 2 is 1.60 bits per heavy atom. The van der Waals surface area contributed by atoms with Crippen molar-refractivity contribution in [3.8, 4) is 0 Å². The van der Waals surface area contributed by atoms with Gasteiger partial charge < -0.3 is 9.64 Å². The number of carbonyl (C=O) groups is 1. The molecule has 20 heavy (non-hydrogen) atoms. The van der Waals surface area contributed by atoms with Gasteiger partial charge in [0.15, 0.2) is 0 Å². The lowest BCUT2D eigenvalue weighted by molar-refractivity contribution is -0.138. The minimum Gasteiger partial charge on any atom is -0.462 e. The molecule has 0 saturated carbocycles. The van der Waals surface area contributed by atoms with Gasteiger partial charge in [-0.25, -0.2) is 0 Å². The van der Waals surface area contributed by atoms with E-state index in [0.717, 1.165) is 5.92 Å². The van der Waals surface area contributed by atoms with E-state index in [-0.39, 0.29) is 5.60 Å². The minimum atomic E-state index is -0.318. The molecule has 1 aliphatic rings. The summed E-state index contributed by atoms with van der Waals surface area (Å²) in [7, 11) is 2.23. The third-order valence-electron chi connectivity index (χ3n) is 3.25. The van der Waals surface area contributed by atoms with Crippen LogP contribution in [0.25, 0.3) is 0 Å². The summed E-state index contributed by atoms with van der Waals surface area (Å²) >= 11 is 0. The first-order valence-corrected chi connectivity index (χ1v) is 7.86. The molecule has 0 amide bonds. The van der Waals surface area contributed by atoms with Gasteiger partial charge in [-0.1, -0.05) is 34.6 Å². The summed E-state index contributed by atoms with van der Waals surface area (Å²) < 4.78 is 4.55. The highest BCUT2D eigenvalue weighted by molar-refractivity contribution is 5.37. The van der Waals surface area contributed by atoms with Gasteiger partial charge in [0, 0.05) is 6.54 Å². The molecule has 1 unspecified atom stereocenters. The van der Waals surface area contributed by atoms with Gasteiger partial charge in [0.25, 0.3) is 6.47 Å². The standard InChI is InChI=1S/C10H21N.C5H10O2.C2H6/c1-10(2,3)9-6-5-7-11(4)8-9;1-5(2,3)7-4-6;1-2/h9H,5-8H2,1-4H3;4H,1-3H3;1-2H3. The van der Waals surface area contributed by atoms with Gasteiger partial charge in [-0.15, -0.1) is 0 Å². The number of carbonyl (C=O) groups excluding carboxylic acids is 1. The van der Waals surface area contributed by atoms with Crippen LogP contribution in [0.1, 0.15) is 68.2 Å². The lowest BCUT2D eigenvalue weighted by atomic mass is 9.76. The summed E-state index contributed by atoms with van der Waals surface area (Å²) in [5.74, 6) is 0.904. The van der Waals surface area contributed by atoms with Crippen LogP contribution in [-0.4, -0.2) is 37.1 Å². The van der Waals surface area contributed by atoms with E-state index >= 15 is 0 Å². The van der Waals surface area contributed by atoms with Crippen molar-refractivity contribution in [3.05, 3.63) is 0 Å². The van der Waals surface area contributed by atoms with Crippen LogP contribution < -0.4 is 0 Å². The smallest absolute Gasteiger partial charge is 0.293 e. The summed E-state index contributed by atoms with van der Waals surface area (Å²) in [5, 5.41) is 0. The Kier molecular flexibility index (Phi) is 11.1. The van der Waals surface area contributed by atoms with Gasteiger partial charge in [-0.2, -0.15) is 0 Å². The summed E-state index contributed by atoms with van der Waals surface area (Å²) in [6.45, 7) is 19.6. The number of piperidine rings is 1. The lowest BCUT2D eigenvalue weighted by Crippen LogP contribution is -2.38. The first-order valence-electron chi connectivity index (χ1n) is 7.86. The van der Waals surface area contributed by atoms with Gasteiger partial charge in [0.2, 0.25) is 0 Å². The van der Waals surface area contributed by atoms with Crippen LogP contribution in [-0.2, 0) is 9.53 Å². The molecule has 1 saturated heterocycles. The Balaban J connectivity index is 0. The Bertz CT molecular complexity index is 238. The number of hydrogen-bond donors (Lipinski definition) is 0. The second-order valence-electron chi connectivity index (χ2n) is 7.29. The Morgan fingerprint density at radius 1 is 1.10 bits per heavy atom. The van der Waals surface area contributed by atoms with Crippen molar-refractivity contribution < 1.29 is 9.53 Å². The summed E-state index contributed by atoms with van der Waals surface area (Å²) in [6, 6.07) is 0. The monoisotopic (exact) mass is 287 g/mol. The Labute approximate surface area is 127 Å². The van der Waals surface area contributed by atoms with E-state index in [1.165, 1.54) is 25.9 Å². The molecule has 0 aromatic heterocycles. The SMILES string of the molecule is CC.CC(C)(C)OC=O.CN1CCCC(C(C)(C)C)C1. The zero-order chi connectivity index (χ0) is 16.4. The van der Waals surface area contributed by atoms with Crippen LogP contribution in [0, 0.1) is 11.3 Å². The number of rotatable bonds is 1. The van der Waals surface area contributed by atoms with Crippen LogP contribution in [0.3, 0.4) is 0 Å². The van der Waals surface area contributed by atoms with Crippen molar-refractivity contribution in [2.24, 2.45) is 11.3 Å². The van der Waals surface area contributed by atoms with E-state index in [1.54, 1.807) is 0 Å². The third kappa shape index (κ3) is 12.5. The fourth-order valence-electron chi connectivity index (χ4n) is 2.02. The summed E-state index contributed by atoms with van der Waals surface area (Å²) in [4.78, 5) is 12.1. The average molecular weight is 287 g/mol. The first kappa shape index (κ1) is 21.7. The predicted octanol–water partition coefficient (Wildman–Crippen LogP) is 4.36. The molecule has 1 rings (SSSR count). The van der Waals surface area contributed by atoms with E-state index in [2.05, 4.69) is 37.5 Å². The topological polar surface area (TPSA) is 29.5 Å². The zero-order valence-corrected chi connectivity index (χ0v) is 15.2. The molecule has 0 spiro atoms. The summed E-state index contributed by atoms with van der Waals surface area (Å²) in [6.07, 6.45) is 2.81. The van der Waals surface area contributed by atoms with Crippen LogP contribution >= 0.6 is 0 Å². The largest absolute Gasteiger partial charge is 0.462 e. The lowest BCUT2D eigenvalue weighted by Gasteiger charge is -2.38. The molecule has 122 valence electrons. The molecule has 1 heterocycles. The molecule has 0 radical (unpaired) electrons. The first-order chi connectivity index (χ1) is 9.06. The molecule has 0 bridgehead atoms. The Morgan fingerprint density at radius 3 is 1.80 bits per heavy atom. The maximum absolute atomic E-state index is 9.60. The van der Waals surface area contributed by atoms with Crippen molar-refractivity contribution in [1.82, 2.24) is 4.90 Å². The molecule has 1 atom stereocenters. The van der Waals surface area contributed by atoms with Gasteiger partial charge in [-0.3, -0.25) is 4.79 Å². The quantitative estimate of drug-likeness (QED) is 0.671. The van der Waals surface area contributed by atoms with Crippen LogP contribution in [0.4, 0.5) is 0 Å². The maximum Gasteiger partial charge on any atom is 0.293 e. The molecule has 1 aliphatic heterocycles. The highest BCUT2D eigenvalue weighted by Gasteiger charge is 2.27. The van der Waals surface area contributed by atoms with Crippen molar-refractivity contribution in [2.45, 2.75) is 73.8 Å². The fraction of sp³-hybridized carbons (Fsp3) is 0.941. The van der Waals surface area contributed by atoms with E-state index in [4.69, 9.17) is 0 Å². The highest BCUT2D eigenvalue weighted by atomic mass is 16.5. The number of nitrogens with zero attached hydrogens (tertiary/aromatic N) is 1. The van der Waals surface area contributed by atoms with Crippen LogP contribution in [0.2, 0.25) is 0 Å². The van der Waals surface area contributed by atoms with Crippen LogP contribution in [0.5, 0.6) is 0 Å². The van der Waals surface area contributed by atoms with Gasteiger partial charge in [-0.05, 0) is 58.5 Å². The van der Waals surface area contributed by atoms with E-state index in [9.17, 15) is 4.79 Å². The molecular formula is C17H37NO2. The second kappa shape index (κ2) is 10.2. The molecule has 3 heteroatoms. The van der Waals surface area contributed by atoms with E-state index in [1.807, 2.05) is 34.6 Å². The molecular weight excluding hydrogens is 250 g/mol. The zero-order valence-electron chi connectivity index (χ0n) is 15.2. The minimum absolute atomic E-state index is 0.318. The molecule has 0 N–H and O–H groups in total. The molecule has 1 fully saturated rings. The van der Waals surface area contributed by atoms with E-state index < -0.39 is 0 Å². The highest BCUT2D eigenvalue weighted by Crippen LogP contribution is 2.32. The van der Waals surface area contributed by atoms with Gasteiger partial charge in [0.05, 0.1) is 0 Å². The molecule has 0 aromatic carbocycles. The van der Waals surface area contributed by atoms with Crippen molar-refractivity contribution in [2.75, 3.05) is 20.1 Å². The fourth-order valence-corrected chi connectivity index (χ4v) is 2.02. The Hall–Kier alpha value is -0.570. The third-order valence-corrected chi connectivity index (χ3v) is 3.25. The maximum atomic E-state index is 9.60. The second-order valence-corrected chi connectivity index (χ2v) is 7.29. The average Bonchev–Trinajstić information content (AvgIpc) is 2.30. The normalized spacial score (nSPS) is 19.9. The summed E-state index contributed by atoms with van der Waals surface area (Å²) in [5.41, 5.74) is 0.191. The number of hydrogen-bond acceptors (Lipinski definition) is 3. The molecule has 0 aliphatic carbocycles. The van der Waals surface area contributed by atoms with Crippen molar-refractivity contribution in [1.29, 1.82) is 0 Å². The van der Waals surface area contributed by atoms with Crippen LogP contribution in [0.15, 0.2) is 0 Å². The molecule has 0 aromatic rings. The van der Waals surface area contributed by atoms with Gasteiger partial charge in [0.1, 0.15) is 5.60 Å². The molecule has 3 nitrogen and oxygen atoms in total. The number of likely N-dealkylation sites (tertiary alicyclic amines) is 1. The van der Waals surface area contributed by atoms with E-state index in [0.29, 0.717) is 11.9 Å². The van der Waals surface area contributed by atoms with Crippen molar-refractivity contribution >= 4 is 6.47 Å². The predicted molar refractivity (Wildman–Crippen MR) is 87.9 cm³/mol. The number of ether oxygens (including phenoxy) is 1. The van der Waals surface area contributed by atoms with Crippen molar-refractivity contribution in [3.63, 3.8) is 0 Å².